The summed E-state index contributed by atoms with van der Waals surface area (Å²) in [4.78, 5) is 3.91. The van der Waals surface area contributed by atoms with E-state index in [1.807, 2.05) is 0 Å². The van der Waals surface area contributed by atoms with Gasteiger partial charge in [-0.1, -0.05) is 11.6 Å². The molecule has 0 N–H and O–H groups in total. The van der Waals surface area contributed by atoms with E-state index in [4.69, 9.17) is 21.1 Å². The molecule has 0 spiro atoms. The Morgan fingerprint density at radius 2 is 1.84 bits per heavy atom. The average Bonchev–Trinajstić information content (AvgIpc) is 2.83. The van der Waals surface area contributed by atoms with Gasteiger partial charge in [-0.15, -0.1) is 0 Å². The molecule has 0 bridgehead atoms. The predicted octanol–water partition coefficient (Wildman–Crippen LogP) is 0.769. The van der Waals surface area contributed by atoms with Gasteiger partial charge in [0.25, 0.3) is 0 Å². The van der Waals surface area contributed by atoms with Crippen molar-refractivity contribution in [3.63, 3.8) is 0 Å². The fraction of sp³-hybridized carbons (Fsp3) is 0.545. The fourth-order valence-corrected chi connectivity index (χ4v) is 3.55. The molecule has 1 aromatic rings. The van der Waals surface area contributed by atoms with Crippen LogP contribution in [0.15, 0.2) is 23.2 Å². The Labute approximate surface area is 117 Å². The Hall–Kier alpha value is -0.730. The van der Waals surface area contributed by atoms with Crippen LogP contribution in [0.4, 0.5) is 0 Å². The molecule has 2 rings (SSSR count). The van der Waals surface area contributed by atoms with Crippen molar-refractivity contribution in [1.29, 1.82) is 0 Å². The smallest absolute Gasteiger partial charge is 0.244 e. The largest absolute Gasteiger partial charge is 0.377 e. The van der Waals surface area contributed by atoms with Crippen LogP contribution >= 0.6 is 11.6 Å². The SMILES string of the molecule is COC1CN(S(=O)(=O)c2ccc(Cl)nc2)CC1OC. The van der Waals surface area contributed by atoms with Gasteiger partial charge in [-0.05, 0) is 12.1 Å². The Morgan fingerprint density at radius 3 is 2.26 bits per heavy atom. The second-order valence-electron chi connectivity index (χ2n) is 4.19. The zero-order valence-electron chi connectivity index (χ0n) is 10.6. The molecule has 1 saturated heterocycles. The lowest BCUT2D eigenvalue weighted by Crippen LogP contribution is -2.30. The lowest BCUT2D eigenvalue weighted by Gasteiger charge is -2.15. The molecule has 0 amide bonds. The van der Waals surface area contributed by atoms with Gasteiger partial charge in [-0.25, -0.2) is 13.4 Å². The van der Waals surface area contributed by atoms with Gasteiger partial charge in [0.15, 0.2) is 0 Å². The van der Waals surface area contributed by atoms with E-state index in [0.29, 0.717) is 0 Å². The van der Waals surface area contributed by atoms with Crippen molar-refractivity contribution in [2.75, 3.05) is 27.3 Å². The maximum atomic E-state index is 12.4. The zero-order valence-corrected chi connectivity index (χ0v) is 12.2. The van der Waals surface area contributed by atoms with Crippen LogP contribution in [0.1, 0.15) is 0 Å². The molecule has 1 fully saturated rings. The third kappa shape index (κ3) is 2.90. The first-order chi connectivity index (χ1) is 8.98. The lowest BCUT2D eigenvalue weighted by molar-refractivity contribution is -0.00461. The molecule has 1 aromatic heterocycles. The first kappa shape index (κ1) is 14.7. The Kier molecular flexibility index (Phi) is 4.42. The van der Waals surface area contributed by atoms with E-state index in [-0.39, 0.29) is 35.3 Å². The molecule has 8 heteroatoms. The quantitative estimate of drug-likeness (QED) is 0.769. The maximum absolute atomic E-state index is 12.4. The van der Waals surface area contributed by atoms with Gasteiger partial charge < -0.3 is 9.47 Å². The molecule has 2 heterocycles. The second kappa shape index (κ2) is 5.72. The van der Waals surface area contributed by atoms with Crippen LogP contribution in [0.25, 0.3) is 0 Å². The van der Waals surface area contributed by atoms with Crippen LogP contribution in [-0.2, 0) is 19.5 Å². The van der Waals surface area contributed by atoms with E-state index < -0.39 is 10.0 Å². The molecule has 6 nitrogen and oxygen atoms in total. The number of pyridine rings is 1. The Morgan fingerprint density at radius 1 is 1.26 bits per heavy atom. The Bertz CT molecular complexity index is 522. The van der Waals surface area contributed by atoms with E-state index in [0.717, 1.165) is 0 Å². The maximum Gasteiger partial charge on any atom is 0.244 e. The lowest BCUT2D eigenvalue weighted by atomic mass is 10.3. The number of sulfonamides is 1. The van der Waals surface area contributed by atoms with Gasteiger partial charge in [0.1, 0.15) is 10.0 Å². The summed E-state index contributed by atoms with van der Waals surface area (Å²) in [5, 5.41) is 0.255. The fourth-order valence-electron chi connectivity index (χ4n) is 2.02. The number of halogens is 1. The van der Waals surface area contributed by atoms with E-state index in [2.05, 4.69) is 4.98 Å². The van der Waals surface area contributed by atoms with Crippen LogP contribution in [-0.4, -0.2) is 57.2 Å². The van der Waals surface area contributed by atoms with Crippen molar-refractivity contribution in [3.8, 4) is 0 Å². The molecule has 1 aliphatic heterocycles. The van der Waals surface area contributed by atoms with Crippen LogP contribution in [0, 0.1) is 0 Å². The molecular formula is C11H15ClN2O4S. The number of aromatic nitrogens is 1. The van der Waals surface area contributed by atoms with E-state index in [1.165, 1.54) is 36.9 Å². The minimum absolute atomic E-state index is 0.114. The molecule has 0 aromatic carbocycles. The zero-order chi connectivity index (χ0) is 14.0. The summed E-state index contributed by atoms with van der Waals surface area (Å²) in [5.41, 5.74) is 0. The third-order valence-corrected chi connectivity index (χ3v) is 5.16. The highest BCUT2D eigenvalue weighted by Gasteiger charge is 2.39. The summed E-state index contributed by atoms with van der Waals surface area (Å²) in [6.45, 7) is 0.528. The van der Waals surface area contributed by atoms with Gasteiger partial charge in [-0.2, -0.15) is 4.31 Å². The highest BCUT2D eigenvalue weighted by molar-refractivity contribution is 7.89. The third-order valence-electron chi connectivity index (χ3n) is 3.13. The molecule has 0 radical (unpaired) electrons. The topological polar surface area (TPSA) is 68.7 Å². The molecule has 1 aliphatic rings. The Balaban J connectivity index is 2.24. The van der Waals surface area contributed by atoms with Crippen LogP contribution < -0.4 is 0 Å². The van der Waals surface area contributed by atoms with Gasteiger partial charge in [0.05, 0.1) is 12.2 Å². The summed E-state index contributed by atoms with van der Waals surface area (Å²) in [5.74, 6) is 0. The summed E-state index contributed by atoms with van der Waals surface area (Å²) in [6, 6.07) is 2.89. The predicted molar refractivity (Wildman–Crippen MR) is 69.6 cm³/mol. The minimum atomic E-state index is -3.59. The summed E-state index contributed by atoms with van der Waals surface area (Å²) in [6.07, 6.45) is 0.722. The number of methoxy groups -OCH3 is 2. The number of ether oxygens (including phenoxy) is 2. The normalized spacial score (nSPS) is 24.8. The minimum Gasteiger partial charge on any atom is -0.377 e. The number of hydrogen-bond donors (Lipinski definition) is 0. The van der Waals surface area contributed by atoms with Crippen molar-refractivity contribution in [2.45, 2.75) is 17.1 Å². The van der Waals surface area contributed by atoms with Crippen molar-refractivity contribution in [3.05, 3.63) is 23.5 Å². The molecule has 19 heavy (non-hydrogen) atoms. The van der Waals surface area contributed by atoms with Crippen molar-refractivity contribution < 1.29 is 17.9 Å². The van der Waals surface area contributed by atoms with Gasteiger partial charge in [-0.3, -0.25) is 0 Å². The first-order valence-electron chi connectivity index (χ1n) is 5.66. The van der Waals surface area contributed by atoms with E-state index >= 15 is 0 Å². The number of rotatable bonds is 4. The second-order valence-corrected chi connectivity index (χ2v) is 6.51. The first-order valence-corrected chi connectivity index (χ1v) is 7.48. The van der Waals surface area contributed by atoms with Crippen molar-refractivity contribution in [1.82, 2.24) is 9.29 Å². The van der Waals surface area contributed by atoms with Gasteiger partial charge in [0.2, 0.25) is 10.0 Å². The van der Waals surface area contributed by atoms with Gasteiger partial charge >= 0.3 is 0 Å². The molecule has 0 aliphatic carbocycles. The molecule has 0 saturated carbocycles. The standard InChI is InChI=1S/C11H15ClN2O4S/c1-17-9-6-14(7-10(9)18-2)19(15,16)8-3-4-11(12)13-5-8/h3-5,9-10H,6-7H2,1-2H3. The molecule has 2 atom stereocenters. The van der Waals surface area contributed by atoms with Crippen LogP contribution in [0.3, 0.4) is 0 Å². The van der Waals surface area contributed by atoms with E-state index in [9.17, 15) is 8.42 Å². The highest BCUT2D eigenvalue weighted by atomic mass is 35.5. The van der Waals surface area contributed by atoms with Crippen LogP contribution in [0.5, 0.6) is 0 Å². The summed E-state index contributed by atoms with van der Waals surface area (Å²) in [7, 11) is -0.513. The van der Waals surface area contributed by atoms with Crippen molar-refractivity contribution in [2.24, 2.45) is 0 Å². The van der Waals surface area contributed by atoms with Gasteiger partial charge in [0, 0.05) is 33.5 Å². The van der Waals surface area contributed by atoms with E-state index in [1.54, 1.807) is 0 Å². The molecular weight excluding hydrogens is 292 g/mol. The molecule has 106 valence electrons. The summed E-state index contributed by atoms with van der Waals surface area (Å²) < 4.78 is 36.6. The highest BCUT2D eigenvalue weighted by Crippen LogP contribution is 2.24. The summed E-state index contributed by atoms with van der Waals surface area (Å²) >= 11 is 5.65. The van der Waals surface area contributed by atoms with Crippen molar-refractivity contribution >= 4 is 21.6 Å². The number of hydrogen-bond acceptors (Lipinski definition) is 5. The molecule has 2 unspecified atom stereocenters. The number of nitrogens with zero attached hydrogens (tertiary/aromatic N) is 2. The van der Waals surface area contributed by atoms with Crippen LogP contribution in [0.2, 0.25) is 5.15 Å². The monoisotopic (exact) mass is 306 g/mol. The average molecular weight is 307 g/mol.